The van der Waals surface area contributed by atoms with Crippen molar-refractivity contribution >= 4 is 29.5 Å². The summed E-state index contributed by atoms with van der Waals surface area (Å²) in [6.07, 6.45) is 2.78. The predicted molar refractivity (Wildman–Crippen MR) is 203 cm³/mol. The molecular weight excluding hydrogens is 678 g/mol. The molecule has 298 valence electrons. The number of piperidine rings is 1. The zero-order chi connectivity index (χ0) is 39.5. The van der Waals surface area contributed by atoms with Gasteiger partial charge in [-0.05, 0) is 69.5 Å². The molecule has 2 saturated heterocycles. The number of nitrogens with one attached hydrogen (secondary N) is 4. The lowest BCUT2D eigenvalue weighted by Gasteiger charge is -2.43. The van der Waals surface area contributed by atoms with Gasteiger partial charge >= 0.3 is 5.97 Å². The normalized spacial score (nSPS) is 24.3. The SMILES string of the molecule is CC[C@H](C)[C@@H]([C@@H](CC(=O)[C@@]1([C@H](OC)[C@@H](C)C(=O)N[C@@H](Cc2ccccc2)C(=O)O)CCCN1)OC)N(C)C(=O)[C@@H](NC(=O)[C@@]1(C)CCCCN1)C(C)C. The number of amides is 3. The molecule has 5 N–H and O–H groups in total. The first-order chi connectivity index (χ1) is 25.1. The number of nitrogens with zero attached hydrogens (tertiary/aromatic N) is 1. The molecule has 0 aromatic heterocycles. The Bertz CT molecular complexity index is 1380. The number of rotatable bonds is 20. The molecular formula is C40H65N5O8. The van der Waals surface area contributed by atoms with Gasteiger partial charge in [0, 0.05) is 34.1 Å². The van der Waals surface area contributed by atoms with Gasteiger partial charge in [-0.2, -0.15) is 0 Å². The molecule has 9 atom stereocenters. The average molecular weight is 744 g/mol. The van der Waals surface area contributed by atoms with E-state index in [1.807, 2.05) is 52.8 Å². The summed E-state index contributed by atoms with van der Waals surface area (Å²) in [7, 11) is 4.69. The number of aliphatic carboxylic acids is 1. The molecule has 0 bridgehead atoms. The van der Waals surface area contributed by atoms with E-state index in [2.05, 4.69) is 21.3 Å². The Hall–Kier alpha value is -3.39. The van der Waals surface area contributed by atoms with Crippen molar-refractivity contribution in [3.05, 3.63) is 35.9 Å². The molecule has 0 aliphatic carbocycles. The van der Waals surface area contributed by atoms with Gasteiger partial charge in [0.05, 0.1) is 29.7 Å². The van der Waals surface area contributed by atoms with Crippen molar-refractivity contribution in [2.24, 2.45) is 17.8 Å². The van der Waals surface area contributed by atoms with Gasteiger partial charge in [-0.25, -0.2) is 4.79 Å². The van der Waals surface area contributed by atoms with Gasteiger partial charge in [-0.3, -0.25) is 19.2 Å². The molecule has 0 saturated carbocycles. The smallest absolute Gasteiger partial charge is 0.326 e. The summed E-state index contributed by atoms with van der Waals surface area (Å²) >= 11 is 0. The van der Waals surface area contributed by atoms with Gasteiger partial charge < -0.3 is 40.7 Å². The van der Waals surface area contributed by atoms with Crippen LogP contribution in [-0.4, -0.2) is 115 Å². The molecule has 2 fully saturated rings. The maximum absolute atomic E-state index is 14.6. The fraction of sp³-hybridized carbons (Fsp3) is 0.725. The van der Waals surface area contributed by atoms with Crippen molar-refractivity contribution in [1.29, 1.82) is 0 Å². The van der Waals surface area contributed by atoms with Gasteiger partial charge in [-0.1, -0.05) is 71.4 Å². The quantitative estimate of drug-likeness (QED) is 0.134. The topological polar surface area (TPSA) is 175 Å². The summed E-state index contributed by atoms with van der Waals surface area (Å²) in [4.78, 5) is 69.9. The Kier molecular flexibility index (Phi) is 16.4. The second kappa shape index (κ2) is 19.8. The Morgan fingerprint density at radius 1 is 0.925 bits per heavy atom. The Morgan fingerprint density at radius 2 is 1.58 bits per heavy atom. The summed E-state index contributed by atoms with van der Waals surface area (Å²) < 4.78 is 12.0. The summed E-state index contributed by atoms with van der Waals surface area (Å²) in [6, 6.07) is 6.59. The van der Waals surface area contributed by atoms with E-state index in [1.54, 1.807) is 31.0 Å². The molecule has 3 amide bonds. The van der Waals surface area contributed by atoms with Crippen LogP contribution in [0.5, 0.6) is 0 Å². The first kappa shape index (κ1) is 44.0. The largest absolute Gasteiger partial charge is 0.480 e. The Morgan fingerprint density at radius 3 is 2.09 bits per heavy atom. The van der Waals surface area contributed by atoms with E-state index < -0.39 is 59.2 Å². The lowest BCUT2D eigenvalue weighted by molar-refractivity contribution is -0.148. The number of carbonyl (C=O) groups excluding carboxylic acids is 4. The van der Waals surface area contributed by atoms with Crippen molar-refractivity contribution in [2.75, 3.05) is 34.4 Å². The summed E-state index contributed by atoms with van der Waals surface area (Å²) in [6.45, 7) is 12.6. The van der Waals surface area contributed by atoms with E-state index in [4.69, 9.17) is 9.47 Å². The number of ether oxygens (including phenoxy) is 2. The van der Waals surface area contributed by atoms with Gasteiger partial charge in [0.2, 0.25) is 17.7 Å². The van der Waals surface area contributed by atoms with Crippen LogP contribution in [0.2, 0.25) is 0 Å². The number of benzene rings is 1. The number of carbonyl (C=O) groups is 5. The third-order valence-corrected chi connectivity index (χ3v) is 11.6. The van der Waals surface area contributed by atoms with E-state index in [9.17, 15) is 29.1 Å². The van der Waals surface area contributed by atoms with E-state index in [1.165, 1.54) is 14.2 Å². The van der Waals surface area contributed by atoms with Crippen LogP contribution in [0, 0.1) is 17.8 Å². The van der Waals surface area contributed by atoms with Crippen molar-refractivity contribution in [3.8, 4) is 0 Å². The lowest BCUT2D eigenvalue weighted by Crippen LogP contribution is -2.64. The van der Waals surface area contributed by atoms with Crippen LogP contribution in [0.4, 0.5) is 0 Å². The monoisotopic (exact) mass is 743 g/mol. The highest BCUT2D eigenvalue weighted by molar-refractivity contribution is 5.93. The summed E-state index contributed by atoms with van der Waals surface area (Å²) in [5.74, 6) is -3.54. The Balaban J connectivity index is 1.85. The number of ketones is 1. The van der Waals surface area contributed by atoms with Crippen LogP contribution < -0.4 is 21.3 Å². The number of hydrogen-bond donors (Lipinski definition) is 5. The van der Waals surface area contributed by atoms with Crippen LogP contribution in [0.25, 0.3) is 0 Å². The fourth-order valence-corrected chi connectivity index (χ4v) is 8.11. The van der Waals surface area contributed by atoms with Crippen LogP contribution in [0.1, 0.15) is 92.1 Å². The molecule has 0 unspecified atom stereocenters. The standard InChI is InChI=1S/C40H65N5O8/c1-10-26(4)33(45(7)36(48)32(25(2)3)44-38(51)39(6)19-14-15-21-41-39)30(52-8)24-31(46)40(20-16-22-42-40)34(53-9)27(5)35(47)43-29(37(49)50)23-28-17-12-11-13-18-28/h11-13,17-18,25-27,29-30,32-34,41-42H,10,14-16,19-24H2,1-9H3,(H,43,47)(H,44,51)(H,49,50)/t26-,27+,29-,30+,32-,33-,34+,39+,40+/m0/s1. The average Bonchev–Trinajstić information content (AvgIpc) is 3.64. The molecule has 1 aromatic rings. The highest BCUT2D eigenvalue weighted by Gasteiger charge is 2.52. The molecule has 2 aliphatic heterocycles. The van der Waals surface area contributed by atoms with Gasteiger partial charge in [0.25, 0.3) is 0 Å². The molecule has 13 heteroatoms. The second-order valence-corrected chi connectivity index (χ2v) is 15.7. The van der Waals surface area contributed by atoms with Crippen molar-refractivity contribution in [2.45, 2.75) is 134 Å². The number of likely N-dealkylation sites (N-methyl/N-ethyl adjacent to an activating group) is 1. The molecule has 13 nitrogen and oxygen atoms in total. The van der Waals surface area contributed by atoms with Crippen molar-refractivity contribution in [1.82, 2.24) is 26.2 Å². The third kappa shape index (κ3) is 10.6. The first-order valence-electron chi connectivity index (χ1n) is 19.3. The van der Waals surface area contributed by atoms with E-state index in [0.717, 1.165) is 24.9 Å². The molecule has 3 rings (SSSR count). The lowest BCUT2D eigenvalue weighted by atomic mass is 9.76. The minimum atomic E-state index is -1.25. The predicted octanol–water partition coefficient (Wildman–Crippen LogP) is 3.09. The second-order valence-electron chi connectivity index (χ2n) is 15.7. The number of carboxylic acid groups (broad SMARTS) is 1. The van der Waals surface area contributed by atoms with Crippen LogP contribution >= 0.6 is 0 Å². The molecule has 1 aromatic carbocycles. The maximum atomic E-state index is 14.6. The highest BCUT2D eigenvalue weighted by atomic mass is 16.5. The minimum absolute atomic E-state index is 0.0726. The van der Waals surface area contributed by atoms with Crippen molar-refractivity contribution < 1.29 is 38.6 Å². The number of Topliss-reactive ketones (excluding diaryl/α,β-unsaturated/α-hetero) is 1. The highest BCUT2D eigenvalue weighted by Crippen LogP contribution is 2.34. The van der Waals surface area contributed by atoms with Crippen LogP contribution in [0.15, 0.2) is 30.3 Å². The fourth-order valence-electron chi connectivity index (χ4n) is 8.11. The van der Waals surface area contributed by atoms with E-state index in [-0.39, 0.29) is 42.3 Å². The Labute approximate surface area is 316 Å². The molecule has 2 aliphatic rings. The molecule has 2 heterocycles. The van der Waals surface area contributed by atoms with E-state index >= 15 is 0 Å². The number of methoxy groups -OCH3 is 2. The zero-order valence-electron chi connectivity index (χ0n) is 33.3. The summed E-state index contributed by atoms with van der Waals surface area (Å²) in [5, 5.41) is 22.4. The molecule has 0 spiro atoms. The van der Waals surface area contributed by atoms with Crippen LogP contribution in [0.3, 0.4) is 0 Å². The van der Waals surface area contributed by atoms with Crippen molar-refractivity contribution in [3.63, 3.8) is 0 Å². The number of hydrogen-bond acceptors (Lipinski definition) is 9. The van der Waals surface area contributed by atoms with E-state index in [0.29, 0.717) is 32.2 Å². The zero-order valence-corrected chi connectivity index (χ0v) is 33.3. The van der Waals surface area contributed by atoms with Gasteiger partial charge in [0.1, 0.15) is 17.6 Å². The molecule has 53 heavy (non-hydrogen) atoms. The number of carboxylic acids is 1. The van der Waals surface area contributed by atoms with Gasteiger partial charge in [-0.15, -0.1) is 0 Å². The van der Waals surface area contributed by atoms with Crippen LogP contribution in [-0.2, 0) is 39.9 Å². The molecule has 0 radical (unpaired) electrons. The minimum Gasteiger partial charge on any atom is -0.480 e. The maximum Gasteiger partial charge on any atom is 0.326 e. The third-order valence-electron chi connectivity index (χ3n) is 11.6. The summed E-state index contributed by atoms with van der Waals surface area (Å²) in [5.41, 5.74) is -1.24. The van der Waals surface area contributed by atoms with Gasteiger partial charge in [0.15, 0.2) is 5.78 Å². The first-order valence-corrected chi connectivity index (χ1v) is 19.3.